The zero-order chi connectivity index (χ0) is 10.4. The van der Waals surface area contributed by atoms with Crippen LogP contribution in [0.4, 0.5) is 13.2 Å². The van der Waals surface area contributed by atoms with Crippen LogP contribution in [0, 0.1) is 10.8 Å². The Balaban J connectivity index is 2.17. The van der Waals surface area contributed by atoms with Gasteiger partial charge in [0.1, 0.15) is 0 Å². The van der Waals surface area contributed by atoms with Crippen molar-refractivity contribution in [1.29, 1.82) is 0 Å². The van der Waals surface area contributed by atoms with Gasteiger partial charge in [-0.05, 0) is 43.9 Å². The van der Waals surface area contributed by atoms with Crippen LogP contribution in [0.25, 0.3) is 0 Å². The Labute approximate surface area is 82.9 Å². The van der Waals surface area contributed by atoms with E-state index in [1.54, 1.807) is 0 Å². The second-order valence-corrected chi connectivity index (χ2v) is 5.13. The first kappa shape index (κ1) is 10.3. The number of fused-ring (bicyclic) bond motifs is 3. The molecule has 3 aliphatic carbocycles. The Morgan fingerprint density at radius 2 is 1.36 bits per heavy atom. The Hall–Kier alpha value is -0.210. The molecule has 0 amide bonds. The standard InChI is InChI=1S/C11H17F3/c1-2-9-3-6-10(7-4-9,8-5-9)11(12,13)14/h2-8H2,1H3. The van der Waals surface area contributed by atoms with Crippen LogP contribution in [0.1, 0.15) is 51.9 Å². The predicted molar refractivity (Wildman–Crippen MR) is 48.9 cm³/mol. The summed E-state index contributed by atoms with van der Waals surface area (Å²) in [5, 5.41) is 0. The van der Waals surface area contributed by atoms with Crippen LogP contribution in [0.3, 0.4) is 0 Å². The van der Waals surface area contributed by atoms with Crippen LogP contribution in [0.2, 0.25) is 0 Å². The summed E-state index contributed by atoms with van der Waals surface area (Å²) in [6, 6.07) is 0. The van der Waals surface area contributed by atoms with Gasteiger partial charge in [0.25, 0.3) is 0 Å². The Morgan fingerprint density at radius 1 is 0.929 bits per heavy atom. The first-order valence-corrected chi connectivity index (χ1v) is 5.50. The van der Waals surface area contributed by atoms with Crippen LogP contribution in [-0.4, -0.2) is 6.18 Å². The average molecular weight is 206 g/mol. The SMILES string of the molecule is CCC12CCC(C(F)(F)F)(CC1)CC2. The minimum Gasteiger partial charge on any atom is -0.171 e. The molecule has 0 spiro atoms. The fourth-order valence-electron chi connectivity index (χ4n) is 3.22. The van der Waals surface area contributed by atoms with Gasteiger partial charge < -0.3 is 0 Å². The van der Waals surface area contributed by atoms with Crippen molar-refractivity contribution in [3.05, 3.63) is 0 Å². The van der Waals surface area contributed by atoms with Crippen molar-refractivity contribution in [2.24, 2.45) is 10.8 Å². The summed E-state index contributed by atoms with van der Waals surface area (Å²) in [5.74, 6) is 0. The summed E-state index contributed by atoms with van der Waals surface area (Å²) in [5.41, 5.74) is -1.03. The second-order valence-electron chi connectivity index (χ2n) is 5.13. The van der Waals surface area contributed by atoms with E-state index in [0.717, 1.165) is 25.7 Å². The van der Waals surface area contributed by atoms with E-state index in [-0.39, 0.29) is 5.41 Å². The van der Waals surface area contributed by atoms with Gasteiger partial charge in [-0.2, -0.15) is 13.2 Å². The lowest BCUT2D eigenvalue weighted by Gasteiger charge is -2.53. The lowest BCUT2D eigenvalue weighted by Crippen LogP contribution is -2.49. The Morgan fingerprint density at radius 3 is 1.64 bits per heavy atom. The molecule has 0 aliphatic heterocycles. The van der Waals surface area contributed by atoms with E-state index < -0.39 is 11.6 Å². The van der Waals surface area contributed by atoms with Crippen molar-refractivity contribution in [1.82, 2.24) is 0 Å². The van der Waals surface area contributed by atoms with Gasteiger partial charge in [-0.15, -0.1) is 0 Å². The fraction of sp³-hybridized carbons (Fsp3) is 1.00. The van der Waals surface area contributed by atoms with E-state index in [2.05, 4.69) is 6.92 Å². The van der Waals surface area contributed by atoms with Gasteiger partial charge in [0, 0.05) is 0 Å². The van der Waals surface area contributed by atoms with Gasteiger partial charge in [0.2, 0.25) is 0 Å². The lowest BCUT2D eigenvalue weighted by atomic mass is 9.53. The van der Waals surface area contributed by atoms with Crippen molar-refractivity contribution < 1.29 is 13.2 Å². The molecule has 0 nitrogen and oxygen atoms in total. The molecule has 0 saturated heterocycles. The quantitative estimate of drug-likeness (QED) is 0.600. The van der Waals surface area contributed by atoms with E-state index in [4.69, 9.17) is 0 Å². The molecule has 0 aromatic heterocycles. The van der Waals surface area contributed by atoms with Gasteiger partial charge >= 0.3 is 6.18 Å². The first-order chi connectivity index (χ1) is 6.43. The summed E-state index contributed by atoms with van der Waals surface area (Å²) < 4.78 is 38.6. The minimum absolute atomic E-state index is 0.271. The molecule has 0 aromatic rings. The molecule has 0 unspecified atom stereocenters. The molecule has 0 radical (unpaired) electrons. The van der Waals surface area contributed by atoms with Crippen LogP contribution in [0.15, 0.2) is 0 Å². The third kappa shape index (κ3) is 1.28. The number of alkyl halides is 3. The molecule has 3 saturated carbocycles. The maximum Gasteiger partial charge on any atom is 0.394 e. The van der Waals surface area contributed by atoms with E-state index >= 15 is 0 Å². The molecule has 0 atom stereocenters. The maximum atomic E-state index is 12.9. The lowest BCUT2D eigenvalue weighted by molar-refractivity contribution is -0.260. The zero-order valence-electron chi connectivity index (χ0n) is 8.58. The molecule has 0 heterocycles. The van der Waals surface area contributed by atoms with Crippen molar-refractivity contribution >= 4 is 0 Å². The second kappa shape index (κ2) is 2.89. The van der Waals surface area contributed by atoms with Crippen molar-refractivity contribution in [3.63, 3.8) is 0 Å². The number of hydrogen-bond donors (Lipinski definition) is 0. The molecule has 3 rings (SSSR count). The number of halogens is 3. The largest absolute Gasteiger partial charge is 0.394 e. The van der Waals surface area contributed by atoms with E-state index in [9.17, 15) is 13.2 Å². The van der Waals surface area contributed by atoms with Crippen molar-refractivity contribution in [2.45, 2.75) is 58.0 Å². The average Bonchev–Trinajstić information content (AvgIpc) is 2.19. The normalized spacial score (nSPS) is 42.9. The van der Waals surface area contributed by atoms with E-state index in [1.165, 1.54) is 0 Å². The van der Waals surface area contributed by atoms with Crippen molar-refractivity contribution in [3.8, 4) is 0 Å². The van der Waals surface area contributed by atoms with Gasteiger partial charge in [0.15, 0.2) is 0 Å². The summed E-state index contributed by atoms with van der Waals surface area (Å²) in [4.78, 5) is 0. The summed E-state index contributed by atoms with van der Waals surface area (Å²) in [6.45, 7) is 2.12. The molecule has 3 heteroatoms. The van der Waals surface area contributed by atoms with Crippen LogP contribution in [-0.2, 0) is 0 Å². The monoisotopic (exact) mass is 206 g/mol. The third-order valence-electron chi connectivity index (χ3n) is 4.75. The smallest absolute Gasteiger partial charge is 0.171 e. The van der Waals surface area contributed by atoms with Gasteiger partial charge in [-0.1, -0.05) is 13.3 Å². The van der Waals surface area contributed by atoms with Gasteiger partial charge in [-0.25, -0.2) is 0 Å². The van der Waals surface area contributed by atoms with Crippen LogP contribution in [0.5, 0.6) is 0 Å². The number of hydrogen-bond acceptors (Lipinski definition) is 0. The Bertz CT molecular complexity index is 205. The summed E-state index contributed by atoms with van der Waals surface area (Å²) in [7, 11) is 0. The summed E-state index contributed by atoms with van der Waals surface area (Å²) >= 11 is 0. The number of rotatable bonds is 1. The van der Waals surface area contributed by atoms with Crippen LogP contribution >= 0.6 is 0 Å². The molecule has 3 aliphatic rings. The topological polar surface area (TPSA) is 0 Å². The molecule has 14 heavy (non-hydrogen) atoms. The molecule has 82 valence electrons. The molecule has 3 fully saturated rings. The molecular weight excluding hydrogens is 189 g/mol. The van der Waals surface area contributed by atoms with E-state index in [0.29, 0.717) is 19.3 Å². The zero-order valence-corrected chi connectivity index (χ0v) is 8.58. The van der Waals surface area contributed by atoms with Gasteiger partial charge in [0.05, 0.1) is 5.41 Å². The minimum atomic E-state index is -3.96. The highest BCUT2D eigenvalue weighted by atomic mass is 19.4. The van der Waals surface area contributed by atoms with E-state index in [1.807, 2.05) is 0 Å². The molecule has 0 N–H and O–H groups in total. The third-order valence-corrected chi connectivity index (χ3v) is 4.75. The maximum absolute atomic E-state index is 12.9. The highest BCUT2D eigenvalue weighted by Gasteiger charge is 2.60. The van der Waals surface area contributed by atoms with Gasteiger partial charge in [-0.3, -0.25) is 0 Å². The molecule has 0 aromatic carbocycles. The van der Waals surface area contributed by atoms with Crippen LogP contribution < -0.4 is 0 Å². The fourth-order valence-corrected chi connectivity index (χ4v) is 3.22. The predicted octanol–water partition coefficient (Wildman–Crippen LogP) is 4.30. The van der Waals surface area contributed by atoms with Crippen molar-refractivity contribution in [2.75, 3.05) is 0 Å². The molecular formula is C11H17F3. The Kier molecular flexibility index (Phi) is 2.13. The first-order valence-electron chi connectivity index (χ1n) is 5.50. The molecule has 2 bridgehead atoms. The highest BCUT2D eigenvalue weighted by Crippen LogP contribution is 2.63. The summed E-state index contributed by atoms with van der Waals surface area (Å²) in [6.07, 6.45) is 0.613. The highest BCUT2D eigenvalue weighted by molar-refractivity contribution is 5.01.